The van der Waals surface area contributed by atoms with E-state index in [0.717, 1.165) is 16.8 Å². The Labute approximate surface area is 115 Å². The SMILES string of the molecule is CN(Cc1ccc(Br)cc1)c1ccnc(CN)n1. The summed E-state index contributed by atoms with van der Waals surface area (Å²) in [4.78, 5) is 10.5. The number of hydrogen-bond acceptors (Lipinski definition) is 4. The molecule has 18 heavy (non-hydrogen) atoms. The zero-order chi connectivity index (χ0) is 13.0. The van der Waals surface area contributed by atoms with Gasteiger partial charge in [-0.15, -0.1) is 0 Å². The van der Waals surface area contributed by atoms with Crippen molar-refractivity contribution >= 4 is 21.7 Å². The van der Waals surface area contributed by atoms with Crippen LogP contribution in [0.15, 0.2) is 41.0 Å². The molecule has 94 valence electrons. The zero-order valence-electron chi connectivity index (χ0n) is 10.2. The van der Waals surface area contributed by atoms with E-state index in [1.807, 2.05) is 25.2 Å². The Kier molecular flexibility index (Phi) is 4.28. The van der Waals surface area contributed by atoms with Gasteiger partial charge in [-0.25, -0.2) is 9.97 Å². The number of anilines is 1. The lowest BCUT2D eigenvalue weighted by atomic mass is 10.2. The standard InChI is InChI=1S/C13H15BrN4/c1-18(9-10-2-4-11(14)5-3-10)13-6-7-16-12(8-15)17-13/h2-7H,8-9,15H2,1H3. The monoisotopic (exact) mass is 306 g/mol. The fourth-order valence-corrected chi connectivity index (χ4v) is 1.91. The van der Waals surface area contributed by atoms with E-state index >= 15 is 0 Å². The van der Waals surface area contributed by atoms with Crippen molar-refractivity contribution in [2.75, 3.05) is 11.9 Å². The number of benzene rings is 1. The maximum Gasteiger partial charge on any atom is 0.144 e. The third-order valence-electron chi connectivity index (χ3n) is 2.60. The van der Waals surface area contributed by atoms with Crippen LogP contribution in [0, 0.1) is 0 Å². The van der Waals surface area contributed by atoms with Gasteiger partial charge in [-0.05, 0) is 23.8 Å². The number of halogens is 1. The molecule has 0 spiro atoms. The van der Waals surface area contributed by atoms with Crippen molar-refractivity contribution in [1.29, 1.82) is 0 Å². The fourth-order valence-electron chi connectivity index (χ4n) is 1.64. The molecule has 5 heteroatoms. The van der Waals surface area contributed by atoms with Gasteiger partial charge in [0.1, 0.15) is 11.6 Å². The van der Waals surface area contributed by atoms with Gasteiger partial charge in [0.15, 0.2) is 0 Å². The summed E-state index contributed by atoms with van der Waals surface area (Å²) in [5.41, 5.74) is 6.77. The van der Waals surface area contributed by atoms with Crippen molar-refractivity contribution in [3.05, 3.63) is 52.4 Å². The van der Waals surface area contributed by atoms with Crippen LogP contribution in [0.3, 0.4) is 0 Å². The Hall–Kier alpha value is -1.46. The Morgan fingerprint density at radius 3 is 2.61 bits per heavy atom. The molecule has 4 nitrogen and oxygen atoms in total. The maximum absolute atomic E-state index is 5.54. The molecule has 1 aromatic heterocycles. The van der Waals surface area contributed by atoms with E-state index in [9.17, 15) is 0 Å². The van der Waals surface area contributed by atoms with Crippen LogP contribution in [0.5, 0.6) is 0 Å². The van der Waals surface area contributed by atoms with Crippen LogP contribution in [0.4, 0.5) is 5.82 Å². The van der Waals surface area contributed by atoms with Crippen molar-refractivity contribution in [1.82, 2.24) is 9.97 Å². The Balaban J connectivity index is 2.11. The highest BCUT2D eigenvalue weighted by Crippen LogP contribution is 2.15. The largest absolute Gasteiger partial charge is 0.355 e. The van der Waals surface area contributed by atoms with Crippen molar-refractivity contribution < 1.29 is 0 Å². The molecule has 0 saturated carbocycles. The molecule has 0 aliphatic carbocycles. The molecule has 1 aromatic carbocycles. The minimum Gasteiger partial charge on any atom is -0.355 e. The lowest BCUT2D eigenvalue weighted by Crippen LogP contribution is -2.18. The van der Waals surface area contributed by atoms with E-state index in [1.165, 1.54) is 5.56 Å². The van der Waals surface area contributed by atoms with Crippen LogP contribution < -0.4 is 10.6 Å². The second kappa shape index (κ2) is 5.93. The van der Waals surface area contributed by atoms with E-state index in [0.29, 0.717) is 12.4 Å². The molecule has 0 aliphatic rings. The third-order valence-corrected chi connectivity index (χ3v) is 3.13. The van der Waals surface area contributed by atoms with Crippen molar-refractivity contribution in [2.45, 2.75) is 13.1 Å². The first-order valence-corrected chi connectivity index (χ1v) is 6.46. The quantitative estimate of drug-likeness (QED) is 0.942. The molecule has 0 aliphatic heterocycles. The average molecular weight is 307 g/mol. The summed E-state index contributed by atoms with van der Waals surface area (Å²) < 4.78 is 1.08. The summed E-state index contributed by atoms with van der Waals surface area (Å²) in [6.07, 6.45) is 1.74. The fraction of sp³-hybridized carbons (Fsp3) is 0.231. The van der Waals surface area contributed by atoms with Crippen molar-refractivity contribution in [2.24, 2.45) is 5.73 Å². The van der Waals surface area contributed by atoms with Crippen LogP contribution in [0.25, 0.3) is 0 Å². The van der Waals surface area contributed by atoms with Gasteiger partial charge in [0.05, 0.1) is 6.54 Å². The van der Waals surface area contributed by atoms with Crippen LogP contribution in [-0.2, 0) is 13.1 Å². The summed E-state index contributed by atoms with van der Waals surface area (Å²) in [5, 5.41) is 0. The van der Waals surface area contributed by atoms with Gasteiger partial charge >= 0.3 is 0 Å². The minimum absolute atomic E-state index is 0.361. The molecule has 0 amide bonds. The highest BCUT2D eigenvalue weighted by Gasteiger charge is 2.04. The molecule has 2 rings (SSSR count). The smallest absolute Gasteiger partial charge is 0.144 e. The van der Waals surface area contributed by atoms with E-state index in [2.05, 4.69) is 42.9 Å². The highest BCUT2D eigenvalue weighted by molar-refractivity contribution is 9.10. The average Bonchev–Trinajstić information content (AvgIpc) is 2.41. The van der Waals surface area contributed by atoms with Gasteiger partial charge in [0, 0.05) is 24.3 Å². The first kappa shape index (κ1) is 13.0. The predicted molar refractivity (Wildman–Crippen MR) is 76.2 cm³/mol. The summed E-state index contributed by atoms with van der Waals surface area (Å²) >= 11 is 3.43. The second-order valence-corrected chi connectivity index (χ2v) is 4.93. The Morgan fingerprint density at radius 2 is 1.94 bits per heavy atom. The summed E-state index contributed by atoms with van der Waals surface area (Å²) in [6.45, 7) is 1.16. The summed E-state index contributed by atoms with van der Waals surface area (Å²) in [5.74, 6) is 1.54. The van der Waals surface area contributed by atoms with Crippen molar-refractivity contribution in [3.8, 4) is 0 Å². The van der Waals surface area contributed by atoms with E-state index in [4.69, 9.17) is 5.73 Å². The molecule has 2 N–H and O–H groups in total. The topological polar surface area (TPSA) is 55.0 Å². The number of aromatic nitrogens is 2. The van der Waals surface area contributed by atoms with Crippen LogP contribution >= 0.6 is 15.9 Å². The molecule has 0 radical (unpaired) electrons. The lowest BCUT2D eigenvalue weighted by Gasteiger charge is -2.18. The first-order chi connectivity index (χ1) is 8.69. The predicted octanol–water partition coefficient (Wildman–Crippen LogP) is 2.33. The van der Waals surface area contributed by atoms with Gasteiger partial charge in [-0.3, -0.25) is 0 Å². The maximum atomic E-state index is 5.54. The molecule has 0 fully saturated rings. The number of nitrogens with zero attached hydrogens (tertiary/aromatic N) is 3. The molecule has 0 unspecified atom stereocenters. The van der Waals surface area contributed by atoms with E-state index in [1.54, 1.807) is 6.20 Å². The zero-order valence-corrected chi connectivity index (χ0v) is 11.8. The van der Waals surface area contributed by atoms with E-state index < -0.39 is 0 Å². The third kappa shape index (κ3) is 3.27. The van der Waals surface area contributed by atoms with Crippen molar-refractivity contribution in [3.63, 3.8) is 0 Å². The molecular formula is C13H15BrN4. The van der Waals surface area contributed by atoms with Crippen LogP contribution in [-0.4, -0.2) is 17.0 Å². The summed E-state index contributed by atoms with van der Waals surface area (Å²) in [7, 11) is 2.00. The minimum atomic E-state index is 0.361. The first-order valence-electron chi connectivity index (χ1n) is 5.66. The Morgan fingerprint density at radius 1 is 1.22 bits per heavy atom. The molecular weight excluding hydrogens is 292 g/mol. The second-order valence-electron chi connectivity index (χ2n) is 4.02. The van der Waals surface area contributed by atoms with Gasteiger partial charge in [-0.1, -0.05) is 28.1 Å². The summed E-state index contributed by atoms with van der Waals surface area (Å²) in [6, 6.07) is 10.1. The normalized spacial score (nSPS) is 10.4. The van der Waals surface area contributed by atoms with E-state index in [-0.39, 0.29) is 0 Å². The number of rotatable bonds is 4. The molecule has 2 aromatic rings. The molecule has 1 heterocycles. The number of nitrogens with two attached hydrogens (primary N) is 1. The van der Waals surface area contributed by atoms with Gasteiger partial charge in [0.25, 0.3) is 0 Å². The molecule has 0 saturated heterocycles. The van der Waals surface area contributed by atoms with Gasteiger partial charge in [0.2, 0.25) is 0 Å². The van der Waals surface area contributed by atoms with Gasteiger partial charge in [-0.2, -0.15) is 0 Å². The molecule has 0 atom stereocenters. The molecule has 0 bridgehead atoms. The highest BCUT2D eigenvalue weighted by atomic mass is 79.9. The Bertz CT molecular complexity index is 513. The van der Waals surface area contributed by atoms with Crippen LogP contribution in [0.1, 0.15) is 11.4 Å². The number of hydrogen-bond donors (Lipinski definition) is 1. The van der Waals surface area contributed by atoms with Gasteiger partial charge < -0.3 is 10.6 Å². The lowest BCUT2D eigenvalue weighted by molar-refractivity contribution is 0.849. The van der Waals surface area contributed by atoms with Crippen LogP contribution in [0.2, 0.25) is 0 Å².